The number of amides is 1. The molecule has 0 spiro atoms. The molecule has 0 aliphatic rings. The maximum atomic E-state index is 13.7. The van der Waals surface area contributed by atoms with Gasteiger partial charge in [0.05, 0.1) is 33.8 Å². The van der Waals surface area contributed by atoms with Crippen LogP contribution in [0.25, 0.3) is 0 Å². The van der Waals surface area contributed by atoms with Gasteiger partial charge in [-0.1, -0.05) is 372 Å². The number of likely N-dealkylation sites (N-methyl/N-ethyl adjacent to an activating group) is 1. The van der Waals surface area contributed by atoms with Gasteiger partial charge in [0.15, 0.2) is 0 Å². The maximum absolute atomic E-state index is 13.7. The highest BCUT2D eigenvalue weighted by Crippen LogP contribution is 2.43. The zero-order valence-electron chi connectivity index (χ0n) is 61.6. The van der Waals surface area contributed by atoms with Gasteiger partial charge in [0.2, 0.25) is 5.91 Å². The van der Waals surface area contributed by atoms with Crippen LogP contribution >= 0.6 is 7.82 Å². The molecule has 1 amide bonds. The first-order valence-electron chi connectivity index (χ1n) is 40.0. The Morgan fingerprint density at radius 2 is 0.670 bits per heavy atom. The molecule has 0 rings (SSSR count). The van der Waals surface area contributed by atoms with Crippen molar-refractivity contribution in [3.05, 3.63) is 48.6 Å². The van der Waals surface area contributed by atoms with Gasteiger partial charge in [-0.3, -0.25) is 18.6 Å². The fourth-order valence-electron chi connectivity index (χ4n) is 12.1. The van der Waals surface area contributed by atoms with Crippen LogP contribution in [0.15, 0.2) is 48.6 Å². The molecule has 91 heavy (non-hydrogen) atoms. The molecule has 0 aliphatic heterocycles. The van der Waals surface area contributed by atoms with Crippen molar-refractivity contribution in [1.29, 1.82) is 0 Å². The van der Waals surface area contributed by atoms with Gasteiger partial charge in [0, 0.05) is 12.8 Å². The van der Waals surface area contributed by atoms with Gasteiger partial charge >= 0.3 is 13.8 Å². The largest absolute Gasteiger partial charge is 0.472 e. The summed E-state index contributed by atoms with van der Waals surface area (Å²) >= 11 is 0. The van der Waals surface area contributed by atoms with Gasteiger partial charge in [-0.05, 0) is 70.3 Å². The lowest BCUT2D eigenvalue weighted by molar-refractivity contribution is -0.870. The molecule has 536 valence electrons. The van der Waals surface area contributed by atoms with E-state index in [1.54, 1.807) is 0 Å². The van der Waals surface area contributed by atoms with Crippen molar-refractivity contribution in [3.8, 4) is 0 Å². The van der Waals surface area contributed by atoms with Crippen molar-refractivity contribution in [2.75, 3.05) is 40.9 Å². The molecule has 0 saturated heterocycles. The van der Waals surface area contributed by atoms with Crippen molar-refractivity contribution >= 4 is 19.7 Å². The van der Waals surface area contributed by atoms with E-state index in [2.05, 4.69) is 68.6 Å². The third-order valence-corrected chi connectivity index (χ3v) is 19.3. The Balaban J connectivity index is 4.94. The van der Waals surface area contributed by atoms with E-state index in [4.69, 9.17) is 13.8 Å². The molecule has 0 aromatic carbocycles. The molecule has 3 atom stereocenters. The SMILES string of the molecule is CCCCC/C=C\C/C=C\C/C=C\CCCCCCCCCCCCCCCCC(=O)OC(/C=C/CCCCCCCCCCCCC)C(COP(=O)(O)OCC[N+](C)(C)C)NC(=O)CCCCCCCCCCCCCCCCCCCCCCCCCCC. The number of nitrogens with one attached hydrogen (secondary N) is 1. The molecule has 3 unspecified atom stereocenters. The molecule has 0 radical (unpaired) electrons. The van der Waals surface area contributed by atoms with Crippen LogP contribution in [0.3, 0.4) is 0 Å². The predicted molar refractivity (Wildman–Crippen MR) is 397 cm³/mol. The van der Waals surface area contributed by atoms with E-state index >= 15 is 0 Å². The molecule has 2 N–H and O–H groups in total. The Kier molecular flexibility index (Phi) is 69.2. The first-order chi connectivity index (χ1) is 44.4. The van der Waals surface area contributed by atoms with E-state index in [1.807, 2.05) is 27.2 Å². The maximum Gasteiger partial charge on any atom is 0.472 e. The van der Waals surface area contributed by atoms with E-state index in [9.17, 15) is 19.0 Å². The number of allylic oxidation sites excluding steroid dienone is 7. The second-order valence-electron chi connectivity index (χ2n) is 28.6. The molecule has 0 bridgehead atoms. The predicted octanol–water partition coefficient (Wildman–Crippen LogP) is 25.9. The summed E-state index contributed by atoms with van der Waals surface area (Å²) in [6.45, 7) is 7.06. The molecule has 0 aromatic heterocycles. The summed E-state index contributed by atoms with van der Waals surface area (Å²) < 4.78 is 31.0. The lowest BCUT2D eigenvalue weighted by Gasteiger charge is -2.27. The normalized spacial score (nSPS) is 13.6. The number of carbonyl (C=O) groups excluding carboxylic acids is 2. The van der Waals surface area contributed by atoms with Crippen LogP contribution < -0.4 is 5.32 Å². The molecule has 0 saturated carbocycles. The third kappa shape index (κ3) is 72.1. The van der Waals surface area contributed by atoms with Crippen LogP contribution in [-0.4, -0.2) is 74.3 Å². The quantitative estimate of drug-likeness (QED) is 0.0205. The molecule has 0 fully saturated rings. The summed E-state index contributed by atoms with van der Waals surface area (Å²) in [5, 5.41) is 3.09. The Labute approximate surface area is 567 Å². The van der Waals surface area contributed by atoms with Crippen molar-refractivity contribution in [2.24, 2.45) is 0 Å². The number of carbonyl (C=O) groups is 2. The topological polar surface area (TPSA) is 111 Å². The minimum Gasteiger partial charge on any atom is -0.456 e. The highest BCUT2D eigenvalue weighted by Gasteiger charge is 2.30. The van der Waals surface area contributed by atoms with E-state index < -0.39 is 20.0 Å². The standard InChI is InChI=1S/C81H155N2O7P/c1-7-10-13-16-19-22-25-28-30-32-34-36-38-40-41-43-45-47-49-51-53-56-59-62-65-68-71-74-81(85)90-79(72-69-66-63-60-57-54-27-24-21-18-15-12-9-3)78(77-89-91(86,87)88-76-75-83(4,5)6)82-80(84)73-70-67-64-61-58-55-52-50-48-46-44-42-39-37-35-33-31-29-26-23-20-17-14-11-8-2/h19,22,28,30,34,36,69,72,78-79H,7-18,20-21,23-27,29,31-33,35,37-68,70-71,73-77H2,1-6H3,(H-,82,84,86,87)/p+1/b22-19-,30-28-,36-34-,72-69+. The van der Waals surface area contributed by atoms with E-state index in [1.165, 1.54) is 302 Å². The van der Waals surface area contributed by atoms with Crippen LogP contribution in [0, 0.1) is 0 Å². The first-order valence-corrected chi connectivity index (χ1v) is 41.5. The van der Waals surface area contributed by atoms with E-state index in [0.717, 1.165) is 70.6 Å². The fourth-order valence-corrected chi connectivity index (χ4v) is 12.9. The number of hydrogen-bond acceptors (Lipinski definition) is 6. The number of nitrogens with zero attached hydrogens (tertiary/aromatic N) is 1. The Hall–Kier alpha value is -2.03. The summed E-state index contributed by atoms with van der Waals surface area (Å²) in [7, 11) is 1.52. The number of unbranched alkanes of at least 4 members (excludes halogenated alkanes) is 52. The summed E-state index contributed by atoms with van der Waals surface area (Å²) in [5.41, 5.74) is 0. The smallest absolute Gasteiger partial charge is 0.456 e. The summed E-state index contributed by atoms with van der Waals surface area (Å²) in [6, 6.07) is -0.847. The number of phosphoric ester groups is 1. The van der Waals surface area contributed by atoms with Gasteiger partial charge < -0.3 is 19.4 Å². The van der Waals surface area contributed by atoms with Crippen molar-refractivity contribution < 1.29 is 37.3 Å². The van der Waals surface area contributed by atoms with E-state index in [0.29, 0.717) is 23.9 Å². The van der Waals surface area contributed by atoms with Gasteiger partial charge in [0.25, 0.3) is 0 Å². The van der Waals surface area contributed by atoms with Crippen molar-refractivity contribution in [3.63, 3.8) is 0 Å². The van der Waals surface area contributed by atoms with Gasteiger partial charge in [0.1, 0.15) is 19.3 Å². The number of hydrogen-bond donors (Lipinski definition) is 2. The lowest BCUT2D eigenvalue weighted by Crippen LogP contribution is -2.47. The summed E-state index contributed by atoms with van der Waals surface area (Å²) in [6.07, 6.45) is 91.4. The lowest BCUT2D eigenvalue weighted by atomic mass is 10.0. The second kappa shape index (κ2) is 70.8. The van der Waals surface area contributed by atoms with Gasteiger partial charge in [-0.25, -0.2) is 4.57 Å². The summed E-state index contributed by atoms with van der Waals surface area (Å²) in [5.74, 6) is -0.482. The van der Waals surface area contributed by atoms with Crippen molar-refractivity contribution in [2.45, 2.75) is 418 Å². The monoisotopic (exact) mass is 1300 g/mol. The van der Waals surface area contributed by atoms with Crippen LogP contribution in [0.4, 0.5) is 0 Å². The zero-order valence-corrected chi connectivity index (χ0v) is 62.5. The van der Waals surface area contributed by atoms with Gasteiger partial charge in [-0.15, -0.1) is 0 Å². The molecule has 0 aliphatic carbocycles. The number of rotatable bonds is 74. The first kappa shape index (κ1) is 89.0. The zero-order chi connectivity index (χ0) is 66.3. The Morgan fingerprint density at radius 3 is 1.02 bits per heavy atom. The average Bonchev–Trinajstić information content (AvgIpc) is 3.73. The average molecular weight is 1300 g/mol. The van der Waals surface area contributed by atoms with Crippen molar-refractivity contribution in [1.82, 2.24) is 5.32 Å². The second-order valence-corrected chi connectivity index (χ2v) is 30.1. The molecular formula is C81H156N2O7P+. The molecule has 10 heteroatoms. The molecule has 0 aromatic rings. The molecule has 9 nitrogen and oxygen atoms in total. The van der Waals surface area contributed by atoms with Crippen LogP contribution in [0.5, 0.6) is 0 Å². The van der Waals surface area contributed by atoms with Gasteiger partial charge in [-0.2, -0.15) is 0 Å². The third-order valence-electron chi connectivity index (χ3n) is 18.3. The Bertz CT molecular complexity index is 1690. The van der Waals surface area contributed by atoms with Crippen LogP contribution in [-0.2, 0) is 27.9 Å². The Morgan fingerprint density at radius 1 is 0.385 bits per heavy atom. The van der Waals surface area contributed by atoms with Crippen LogP contribution in [0.2, 0.25) is 0 Å². The minimum atomic E-state index is -4.46. The highest BCUT2D eigenvalue weighted by molar-refractivity contribution is 7.47. The molecule has 0 heterocycles. The summed E-state index contributed by atoms with van der Waals surface area (Å²) in [4.78, 5) is 38.1. The van der Waals surface area contributed by atoms with E-state index in [-0.39, 0.29) is 25.1 Å². The number of esters is 1. The number of ether oxygens (including phenoxy) is 1. The van der Waals surface area contributed by atoms with Crippen LogP contribution in [0.1, 0.15) is 406 Å². The number of quaternary nitrogens is 1. The minimum absolute atomic E-state index is 0.0429. The fraction of sp³-hybridized carbons (Fsp3) is 0.877. The number of phosphoric acid groups is 1. The highest BCUT2D eigenvalue weighted by atomic mass is 31.2. The molecular weight excluding hydrogens is 1140 g/mol.